The van der Waals surface area contributed by atoms with Crippen LogP contribution in [0.2, 0.25) is 0 Å². The molecule has 0 amide bonds. The molecule has 0 aliphatic heterocycles. The van der Waals surface area contributed by atoms with Crippen molar-refractivity contribution in [3.05, 3.63) is 29.3 Å². The number of hydrogen-bond donors (Lipinski definition) is 0. The minimum absolute atomic E-state index is 0.0210. The monoisotopic (exact) mass is 324 g/mol. The van der Waals surface area contributed by atoms with E-state index in [1.165, 1.54) is 6.07 Å². The number of Topliss-reactive ketones (excluding diaryl/α,β-unsaturated/α-hetero) is 1. The van der Waals surface area contributed by atoms with E-state index >= 15 is 0 Å². The van der Waals surface area contributed by atoms with Crippen LogP contribution in [0.1, 0.15) is 29.3 Å². The quantitative estimate of drug-likeness (QED) is 0.602. The third kappa shape index (κ3) is 4.01. The molecule has 0 unspecified atom stereocenters. The molecule has 0 aromatic heterocycles. The van der Waals surface area contributed by atoms with Crippen LogP contribution in [0.5, 0.6) is 5.75 Å². The van der Waals surface area contributed by atoms with Gasteiger partial charge in [-0.1, -0.05) is 15.9 Å². The van der Waals surface area contributed by atoms with Crippen molar-refractivity contribution in [2.75, 3.05) is 11.9 Å². The second-order valence-corrected chi connectivity index (χ2v) is 4.33. The van der Waals surface area contributed by atoms with Gasteiger partial charge in [-0.3, -0.25) is 4.79 Å². The number of halogens is 4. The summed E-state index contributed by atoms with van der Waals surface area (Å²) in [6.07, 6.45) is -4.34. The fourth-order valence-electron chi connectivity index (χ4n) is 1.40. The molecule has 0 heterocycles. The first-order valence-corrected chi connectivity index (χ1v) is 6.45. The lowest BCUT2D eigenvalue weighted by Gasteiger charge is -2.11. The molecule has 1 aromatic carbocycles. The molecule has 0 saturated heterocycles. The molecule has 0 spiro atoms. The predicted octanol–water partition coefficient (Wildman–Crippen LogP) is 4.07. The standard InChI is InChI=1S/C12H12BrF3O2/c1-2-18-10-6-8(11(17)3-4-13)5-9(7-10)12(14,15)16/h5-7H,2-4H2,1H3. The Morgan fingerprint density at radius 3 is 2.50 bits per heavy atom. The van der Waals surface area contributed by atoms with Crippen LogP contribution in [0.15, 0.2) is 18.2 Å². The van der Waals surface area contributed by atoms with Crippen LogP contribution in [-0.2, 0) is 6.18 Å². The van der Waals surface area contributed by atoms with Crippen molar-refractivity contribution in [2.45, 2.75) is 19.5 Å². The number of hydrogen-bond acceptors (Lipinski definition) is 2. The molecular weight excluding hydrogens is 313 g/mol. The third-order valence-electron chi connectivity index (χ3n) is 2.19. The second-order valence-electron chi connectivity index (χ2n) is 3.54. The lowest BCUT2D eigenvalue weighted by atomic mass is 10.0. The average molecular weight is 325 g/mol. The molecule has 100 valence electrons. The number of carbonyl (C=O) groups is 1. The lowest BCUT2D eigenvalue weighted by molar-refractivity contribution is -0.137. The van der Waals surface area contributed by atoms with E-state index in [-0.39, 0.29) is 30.1 Å². The van der Waals surface area contributed by atoms with Crippen molar-refractivity contribution >= 4 is 21.7 Å². The van der Waals surface area contributed by atoms with Crippen LogP contribution in [0.4, 0.5) is 13.2 Å². The molecule has 0 N–H and O–H groups in total. The van der Waals surface area contributed by atoms with Crippen molar-refractivity contribution in [1.82, 2.24) is 0 Å². The number of alkyl halides is 4. The first-order valence-electron chi connectivity index (χ1n) is 5.32. The topological polar surface area (TPSA) is 26.3 Å². The average Bonchev–Trinajstić information content (AvgIpc) is 2.28. The fraction of sp³-hybridized carbons (Fsp3) is 0.417. The molecule has 0 aliphatic rings. The van der Waals surface area contributed by atoms with E-state index < -0.39 is 11.7 Å². The van der Waals surface area contributed by atoms with Crippen molar-refractivity contribution in [2.24, 2.45) is 0 Å². The van der Waals surface area contributed by atoms with Crippen molar-refractivity contribution in [3.63, 3.8) is 0 Å². The molecule has 0 saturated carbocycles. The number of ether oxygens (including phenoxy) is 1. The summed E-state index contributed by atoms with van der Waals surface area (Å²) in [6, 6.07) is 3.09. The number of rotatable bonds is 5. The highest BCUT2D eigenvalue weighted by molar-refractivity contribution is 9.09. The van der Waals surface area contributed by atoms with Crippen LogP contribution in [0, 0.1) is 0 Å². The molecule has 18 heavy (non-hydrogen) atoms. The summed E-state index contributed by atoms with van der Waals surface area (Å²) in [5, 5.41) is 0.409. The van der Waals surface area contributed by atoms with E-state index in [9.17, 15) is 18.0 Å². The van der Waals surface area contributed by atoms with E-state index in [1.54, 1.807) is 6.92 Å². The van der Waals surface area contributed by atoms with Crippen LogP contribution in [0.3, 0.4) is 0 Å². The summed E-state index contributed by atoms with van der Waals surface area (Å²) in [6.45, 7) is 1.91. The van der Waals surface area contributed by atoms with Crippen LogP contribution in [0.25, 0.3) is 0 Å². The zero-order chi connectivity index (χ0) is 13.8. The van der Waals surface area contributed by atoms with E-state index in [2.05, 4.69) is 15.9 Å². The van der Waals surface area contributed by atoms with E-state index in [0.29, 0.717) is 5.33 Å². The highest BCUT2D eigenvalue weighted by atomic mass is 79.9. The maximum absolute atomic E-state index is 12.7. The van der Waals surface area contributed by atoms with Crippen LogP contribution >= 0.6 is 15.9 Å². The first kappa shape index (κ1) is 15.0. The Hall–Kier alpha value is -1.04. The summed E-state index contributed by atoms with van der Waals surface area (Å²) < 4.78 is 43.0. The summed E-state index contributed by atoms with van der Waals surface area (Å²) >= 11 is 3.08. The Morgan fingerprint density at radius 1 is 1.33 bits per heavy atom. The highest BCUT2D eigenvalue weighted by Crippen LogP contribution is 2.33. The molecule has 1 rings (SSSR count). The van der Waals surface area contributed by atoms with Crippen molar-refractivity contribution < 1.29 is 22.7 Å². The molecular formula is C12H12BrF3O2. The van der Waals surface area contributed by atoms with E-state index in [0.717, 1.165) is 12.1 Å². The summed E-state index contributed by atoms with van der Waals surface area (Å²) in [4.78, 5) is 11.6. The third-order valence-corrected chi connectivity index (χ3v) is 2.58. The second kappa shape index (κ2) is 6.22. The van der Waals surface area contributed by atoms with Crippen molar-refractivity contribution in [1.29, 1.82) is 0 Å². The van der Waals surface area contributed by atoms with Gasteiger partial charge in [0.15, 0.2) is 5.78 Å². The lowest BCUT2D eigenvalue weighted by Crippen LogP contribution is -2.09. The molecule has 6 heteroatoms. The molecule has 0 atom stereocenters. The fourth-order valence-corrected chi connectivity index (χ4v) is 1.76. The first-order chi connectivity index (χ1) is 8.38. The van der Waals surface area contributed by atoms with Gasteiger partial charge in [0.2, 0.25) is 0 Å². The normalized spacial score (nSPS) is 11.4. The Bertz CT molecular complexity index is 430. The van der Waals surface area contributed by atoms with Gasteiger partial charge in [-0.05, 0) is 25.1 Å². The minimum atomic E-state index is -4.49. The summed E-state index contributed by atoms with van der Waals surface area (Å²) in [7, 11) is 0. The largest absolute Gasteiger partial charge is 0.494 e. The maximum atomic E-state index is 12.7. The molecule has 0 fully saturated rings. The SMILES string of the molecule is CCOc1cc(C(=O)CCBr)cc(C(F)(F)F)c1. The number of benzene rings is 1. The van der Waals surface area contributed by atoms with Gasteiger partial charge in [0.1, 0.15) is 5.75 Å². The van der Waals surface area contributed by atoms with Gasteiger partial charge in [0, 0.05) is 17.3 Å². The van der Waals surface area contributed by atoms with Gasteiger partial charge in [0.25, 0.3) is 0 Å². The molecule has 2 nitrogen and oxygen atoms in total. The molecule has 1 aromatic rings. The number of ketones is 1. The van der Waals surface area contributed by atoms with Gasteiger partial charge in [0.05, 0.1) is 12.2 Å². The molecule has 0 bridgehead atoms. The zero-order valence-electron chi connectivity index (χ0n) is 9.68. The Balaban J connectivity index is 3.18. The molecule has 0 radical (unpaired) electrons. The smallest absolute Gasteiger partial charge is 0.416 e. The van der Waals surface area contributed by atoms with Crippen LogP contribution < -0.4 is 4.74 Å². The summed E-state index contributed by atoms with van der Waals surface area (Å²) in [5.74, 6) is -0.288. The van der Waals surface area contributed by atoms with E-state index in [4.69, 9.17) is 4.74 Å². The van der Waals surface area contributed by atoms with E-state index in [1.807, 2.05) is 0 Å². The Morgan fingerprint density at radius 2 is 2.00 bits per heavy atom. The predicted molar refractivity (Wildman–Crippen MR) is 65.4 cm³/mol. The summed E-state index contributed by atoms with van der Waals surface area (Å²) in [5.41, 5.74) is -0.848. The van der Waals surface area contributed by atoms with Gasteiger partial charge in [-0.25, -0.2) is 0 Å². The molecule has 0 aliphatic carbocycles. The Labute approximate surface area is 111 Å². The minimum Gasteiger partial charge on any atom is -0.494 e. The zero-order valence-corrected chi connectivity index (χ0v) is 11.3. The van der Waals surface area contributed by atoms with Gasteiger partial charge >= 0.3 is 6.18 Å². The maximum Gasteiger partial charge on any atom is 0.416 e. The highest BCUT2D eigenvalue weighted by Gasteiger charge is 2.32. The van der Waals surface area contributed by atoms with Gasteiger partial charge < -0.3 is 4.74 Å². The number of carbonyl (C=O) groups excluding carboxylic acids is 1. The van der Waals surface area contributed by atoms with Crippen molar-refractivity contribution in [3.8, 4) is 5.75 Å². The van der Waals surface area contributed by atoms with Gasteiger partial charge in [-0.15, -0.1) is 0 Å². The Kier molecular flexibility index (Phi) is 5.19. The van der Waals surface area contributed by atoms with Crippen LogP contribution in [-0.4, -0.2) is 17.7 Å². The van der Waals surface area contributed by atoms with Gasteiger partial charge in [-0.2, -0.15) is 13.2 Å².